The van der Waals surface area contributed by atoms with Crippen LogP contribution in [0.4, 0.5) is 13.2 Å². The van der Waals surface area contributed by atoms with E-state index in [4.69, 9.17) is 0 Å². The molecule has 1 N–H and O–H groups in total. The molecule has 0 spiro atoms. The van der Waals surface area contributed by atoms with E-state index in [-0.39, 0.29) is 29.0 Å². The van der Waals surface area contributed by atoms with Crippen molar-refractivity contribution in [2.45, 2.75) is 55.8 Å². The largest absolute Gasteiger partial charge is 0.418 e. The molecule has 0 radical (unpaired) electrons. The number of fused-ring (bicyclic) bond motifs is 1. The van der Waals surface area contributed by atoms with E-state index < -0.39 is 11.7 Å². The summed E-state index contributed by atoms with van der Waals surface area (Å²) in [5, 5.41) is 3.75. The number of amides is 1. The number of thioether (sulfide) groups is 1. The van der Waals surface area contributed by atoms with Crippen LogP contribution in [0.25, 0.3) is 22.3 Å². The molecule has 4 rings (SSSR count). The SMILES string of the molecule is O=C(CSc1nc(-c2ccccc2)nc2c(C(F)(F)F)cccc12)NC1CCCCCC1. The lowest BCUT2D eigenvalue weighted by Gasteiger charge is -2.16. The smallest absolute Gasteiger partial charge is 0.353 e. The predicted molar refractivity (Wildman–Crippen MR) is 120 cm³/mol. The number of aromatic nitrogens is 2. The molecular weight excluding hydrogens is 435 g/mol. The van der Waals surface area contributed by atoms with Gasteiger partial charge in [-0.05, 0) is 18.9 Å². The van der Waals surface area contributed by atoms with Crippen LogP contribution in [0.2, 0.25) is 0 Å². The zero-order valence-electron chi connectivity index (χ0n) is 17.5. The monoisotopic (exact) mass is 459 g/mol. The number of benzene rings is 2. The topological polar surface area (TPSA) is 54.9 Å². The van der Waals surface area contributed by atoms with Crippen LogP contribution in [0.15, 0.2) is 53.6 Å². The van der Waals surface area contributed by atoms with Crippen LogP contribution in [0.1, 0.15) is 44.1 Å². The first-order chi connectivity index (χ1) is 15.4. The molecular formula is C24H24F3N3OS. The summed E-state index contributed by atoms with van der Waals surface area (Å²) in [5.41, 5.74) is -0.337. The summed E-state index contributed by atoms with van der Waals surface area (Å²) >= 11 is 1.15. The minimum absolute atomic E-state index is 0.0904. The summed E-state index contributed by atoms with van der Waals surface area (Å²) in [6.45, 7) is 0. The molecule has 1 aromatic heterocycles. The summed E-state index contributed by atoms with van der Waals surface area (Å²) in [6.07, 6.45) is 2.00. The molecule has 4 nitrogen and oxygen atoms in total. The van der Waals surface area contributed by atoms with E-state index in [0.29, 0.717) is 16.0 Å². The van der Waals surface area contributed by atoms with Crippen LogP contribution in [-0.2, 0) is 11.0 Å². The van der Waals surface area contributed by atoms with Crippen LogP contribution in [0, 0.1) is 0 Å². The van der Waals surface area contributed by atoms with E-state index in [0.717, 1.165) is 43.5 Å². The lowest BCUT2D eigenvalue weighted by molar-refractivity contribution is -0.136. The average Bonchev–Trinajstić information content (AvgIpc) is 3.05. The zero-order chi connectivity index (χ0) is 22.6. The molecule has 0 saturated heterocycles. The normalized spacial score (nSPS) is 15.5. The van der Waals surface area contributed by atoms with Crippen molar-refractivity contribution in [1.82, 2.24) is 15.3 Å². The number of hydrogen-bond donors (Lipinski definition) is 1. The quantitative estimate of drug-likeness (QED) is 0.279. The molecule has 1 aliphatic carbocycles. The third kappa shape index (κ3) is 5.41. The molecule has 1 saturated carbocycles. The molecule has 1 aliphatic rings. The van der Waals surface area contributed by atoms with Gasteiger partial charge in [0, 0.05) is 17.0 Å². The maximum atomic E-state index is 13.7. The van der Waals surface area contributed by atoms with Gasteiger partial charge in [0.1, 0.15) is 5.03 Å². The van der Waals surface area contributed by atoms with Crippen LogP contribution in [0.3, 0.4) is 0 Å². The predicted octanol–water partition coefficient (Wildman–Crippen LogP) is 6.25. The Balaban J connectivity index is 1.64. The summed E-state index contributed by atoms with van der Waals surface area (Å²) in [5.74, 6) is 0.177. The Morgan fingerprint density at radius 1 is 0.969 bits per heavy atom. The lowest BCUT2D eigenvalue weighted by Crippen LogP contribution is -2.35. The van der Waals surface area contributed by atoms with Crippen LogP contribution < -0.4 is 5.32 Å². The van der Waals surface area contributed by atoms with Gasteiger partial charge in [0.15, 0.2) is 5.82 Å². The fourth-order valence-corrected chi connectivity index (χ4v) is 4.83. The van der Waals surface area contributed by atoms with Gasteiger partial charge in [-0.3, -0.25) is 4.79 Å². The Labute approximate surface area is 189 Å². The van der Waals surface area contributed by atoms with E-state index in [1.54, 1.807) is 30.3 Å². The number of halogens is 3. The number of carbonyl (C=O) groups excluding carboxylic acids is 1. The van der Waals surface area contributed by atoms with Gasteiger partial charge in [-0.2, -0.15) is 13.2 Å². The number of rotatable bonds is 5. The fourth-order valence-electron chi connectivity index (χ4n) is 4.01. The first kappa shape index (κ1) is 22.6. The minimum atomic E-state index is -4.54. The van der Waals surface area contributed by atoms with E-state index in [9.17, 15) is 18.0 Å². The van der Waals surface area contributed by atoms with Crippen molar-refractivity contribution in [2.75, 3.05) is 5.75 Å². The maximum Gasteiger partial charge on any atom is 0.418 e. The van der Waals surface area contributed by atoms with Gasteiger partial charge in [-0.25, -0.2) is 9.97 Å². The second-order valence-electron chi connectivity index (χ2n) is 7.96. The summed E-state index contributed by atoms with van der Waals surface area (Å²) < 4.78 is 41.0. The lowest BCUT2D eigenvalue weighted by atomic mass is 10.1. The van der Waals surface area contributed by atoms with Crippen LogP contribution in [0.5, 0.6) is 0 Å². The summed E-state index contributed by atoms with van der Waals surface area (Å²) in [4.78, 5) is 21.3. The molecule has 3 aromatic rings. The van der Waals surface area contributed by atoms with E-state index in [2.05, 4.69) is 15.3 Å². The number of alkyl halides is 3. The Kier molecular flexibility index (Phi) is 6.98. The Morgan fingerprint density at radius 2 is 1.69 bits per heavy atom. The highest BCUT2D eigenvalue weighted by Gasteiger charge is 2.34. The Morgan fingerprint density at radius 3 is 2.38 bits per heavy atom. The third-order valence-electron chi connectivity index (χ3n) is 5.59. The third-order valence-corrected chi connectivity index (χ3v) is 6.58. The van der Waals surface area contributed by atoms with Gasteiger partial charge in [0.05, 0.1) is 16.8 Å². The Bertz CT molecular complexity index is 1080. The second kappa shape index (κ2) is 9.90. The summed E-state index contributed by atoms with van der Waals surface area (Å²) in [7, 11) is 0. The van der Waals surface area contributed by atoms with Gasteiger partial charge in [0.25, 0.3) is 0 Å². The molecule has 0 aliphatic heterocycles. The molecule has 1 heterocycles. The molecule has 32 heavy (non-hydrogen) atoms. The van der Waals surface area contributed by atoms with E-state index in [1.807, 2.05) is 6.07 Å². The highest BCUT2D eigenvalue weighted by molar-refractivity contribution is 8.00. The van der Waals surface area contributed by atoms with Gasteiger partial charge in [-0.1, -0.05) is 79.9 Å². The highest BCUT2D eigenvalue weighted by atomic mass is 32.2. The molecule has 1 amide bonds. The molecule has 2 aromatic carbocycles. The van der Waals surface area contributed by atoms with E-state index in [1.165, 1.54) is 18.9 Å². The summed E-state index contributed by atoms with van der Waals surface area (Å²) in [6, 6.07) is 13.0. The average molecular weight is 460 g/mol. The van der Waals surface area contributed by atoms with Gasteiger partial charge in [0.2, 0.25) is 5.91 Å². The van der Waals surface area contributed by atoms with Gasteiger partial charge in [-0.15, -0.1) is 0 Å². The molecule has 0 bridgehead atoms. The fraction of sp³-hybridized carbons (Fsp3) is 0.375. The first-order valence-electron chi connectivity index (χ1n) is 10.8. The van der Waals surface area contributed by atoms with Crippen molar-refractivity contribution in [1.29, 1.82) is 0 Å². The number of nitrogens with zero attached hydrogens (tertiary/aromatic N) is 2. The number of hydrogen-bond acceptors (Lipinski definition) is 4. The van der Waals surface area contributed by atoms with Crippen molar-refractivity contribution < 1.29 is 18.0 Å². The molecule has 168 valence electrons. The van der Waals surface area contributed by atoms with Gasteiger partial charge >= 0.3 is 6.18 Å². The van der Waals surface area contributed by atoms with E-state index >= 15 is 0 Å². The zero-order valence-corrected chi connectivity index (χ0v) is 18.3. The molecule has 8 heteroatoms. The van der Waals surface area contributed by atoms with Gasteiger partial charge < -0.3 is 5.32 Å². The second-order valence-corrected chi connectivity index (χ2v) is 8.93. The van der Waals surface area contributed by atoms with Crippen molar-refractivity contribution in [2.24, 2.45) is 0 Å². The van der Waals surface area contributed by atoms with Crippen molar-refractivity contribution in [3.8, 4) is 11.4 Å². The van der Waals surface area contributed by atoms with Crippen LogP contribution in [-0.4, -0.2) is 27.7 Å². The number of nitrogens with one attached hydrogen (secondary N) is 1. The molecule has 0 unspecified atom stereocenters. The van der Waals surface area contributed by atoms with Crippen molar-refractivity contribution >= 4 is 28.6 Å². The number of para-hydroxylation sites is 1. The number of carbonyl (C=O) groups is 1. The maximum absolute atomic E-state index is 13.7. The van der Waals surface area contributed by atoms with Crippen molar-refractivity contribution in [3.63, 3.8) is 0 Å². The van der Waals surface area contributed by atoms with Crippen LogP contribution >= 0.6 is 11.8 Å². The molecule has 0 atom stereocenters. The van der Waals surface area contributed by atoms with Crippen molar-refractivity contribution in [3.05, 3.63) is 54.1 Å². The standard InChI is InChI=1S/C24H24F3N3OS/c25-24(26,27)19-14-8-13-18-21(19)29-22(16-9-4-3-5-10-16)30-23(18)32-15-20(31)28-17-11-6-1-2-7-12-17/h3-5,8-10,13-14,17H,1-2,6-7,11-12,15H2,(H,28,31). The molecule has 1 fully saturated rings. The first-order valence-corrected chi connectivity index (χ1v) is 11.8. The highest BCUT2D eigenvalue weighted by Crippen LogP contribution is 2.37. The minimum Gasteiger partial charge on any atom is -0.353 e. The Hall–Kier alpha value is -2.61.